The van der Waals surface area contributed by atoms with Gasteiger partial charge in [0.05, 0.1) is 0 Å². The highest BCUT2D eigenvalue weighted by molar-refractivity contribution is 5.72. The average molecular weight is 218 g/mol. The third kappa shape index (κ3) is 8.39. The molecule has 0 radical (unpaired) electrons. The molecule has 0 heterocycles. The molecule has 15 heavy (non-hydrogen) atoms. The van der Waals surface area contributed by atoms with E-state index in [0.29, 0.717) is 6.42 Å². The van der Waals surface area contributed by atoms with Crippen molar-refractivity contribution < 1.29 is 19.4 Å². The van der Waals surface area contributed by atoms with Gasteiger partial charge in [-0.2, -0.15) is 0 Å². The fourth-order valence-electron chi connectivity index (χ4n) is 1.36. The summed E-state index contributed by atoms with van der Waals surface area (Å²) >= 11 is 0. The van der Waals surface area contributed by atoms with E-state index in [1.165, 1.54) is 26.4 Å². The van der Waals surface area contributed by atoms with Crippen LogP contribution in [0.3, 0.4) is 0 Å². The maximum Gasteiger partial charge on any atom is 0.332 e. The van der Waals surface area contributed by atoms with E-state index < -0.39 is 12.1 Å². The van der Waals surface area contributed by atoms with Crippen LogP contribution in [-0.4, -0.2) is 31.1 Å². The molecule has 0 bridgehead atoms. The Bertz CT molecular complexity index is 159. The summed E-state index contributed by atoms with van der Waals surface area (Å²) in [7, 11) is 1.49. The van der Waals surface area contributed by atoms with E-state index in [9.17, 15) is 4.79 Å². The lowest BCUT2D eigenvalue weighted by atomic mass is 10.1. The summed E-state index contributed by atoms with van der Waals surface area (Å²) in [5, 5.41) is 8.82. The summed E-state index contributed by atoms with van der Waals surface area (Å²) in [4.78, 5) is 10.7. The molecule has 0 fully saturated rings. The number of aliphatic carboxylic acids is 1. The summed E-state index contributed by atoms with van der Waals surface area (Å²) in [6.45, 7) is 2.20. The van der Waals surface area contributed by atoms with Crippen LogP contribution >= 0.6 is 0 Å². The van der Waals surface area contributed by atoms with Crippen molar-refractivity contribution in [1.82, 2.24) is 0 Å². The number of hydrogen-bond acceptors (Lipinski definition) is 3. The minimum atomic E-state index is -0.900. The quantitative estimate of drug-likeness (QED) is 0.452. The SMILES string of the molecule is CCCCCCC[C@H](OCOC)C(=O)O. The van der Waals surface area contributed by atoms with Crippen LogP contribution in [0.5, 0.6) is 0 Å². The molecule has 4 nitrogen and oxygen atoms in total. The van der Waals surface area contributed by atoms with Crippen LogP contribution in [0.15, 0.2) is 0 Å². The van der Waals surface area contributed by atoms with Gasteiger partial charge in [0.15, 0.2) is 6.10 Å². The van der Waals surface area contributed by atoms with Crippen molar-refractivity contribution in [3.63, 3.8) is 0 Å². The van der Waals surface area contributed by atoms with Gasteiger partial charge in [0.2, 0.25) is 0 Å². The number of methoxy groups -OCH3 is 1. The number of carboxylic acids is 1. The molecule has 90 valence electrons. The predicted molar refractivity (Wildman–Crippen MR) is 57.8 cm³/mol. The van der Waals surface area contributed by atoms with Crippen molar-refractivity contribution in [3.8, 4) is 0 Å². The minimum absolute atomic E-state index is 0.0475. The van der Waals surface area contributed by atoms with Gasteiger partial charge in [-0.05, 0) is 6.42 Å². The Balaban J connectivity index is 3.53. The normalized spacial score (nSPS) is 12.7. The molecule has 0 aromatic carbocycles. The van der Waals surface area contributed by atoms with Crippen molar-refractivity contribution in [1.29, 1.82) is 0 Å². The van der Waals surface area contributed by atoms with Gasteiger partial charge in [0.1, 0.15) is 6.79 Å². The van der Waals surface area contributed by atoms with Crippen molar-refractivity contribution in [2.24, 2.45) is 0 Å². The average Bonchev–Trinajstić information content (AvgIpc) is 2.21. The zero-order valence-electron chi connectivity index (χ0n) is 9.70. The zero-order valence-corrected chi connectivity index (χ0v) is 9.70. The fraction of sp³-hybridized carbons (Fsp3) is 0.909. The third-order valence-corrected chi connectivity index (χ3v) is 2.23. The second-order valence-electron chi connectivity index (χ2n) is 3.60. The van der Waals surface area contributed by atoms with E-state index in [-0.39, 0.29) is 6.79 Å². The van der Waals surface area contributed by atoms with Crippen LogP contribution in [0, 0.1) is 0 Å². The van der Waals surface area contributed by atoms with Gasteiger partial charge in [-0.3, -0.25) is 0 Å². The van der Waals surface area contributed by atoms with Crippen molar-refractivity contribution in [3.05, 3.63) is 0 Å². The van der Waals surface area contributed by atoms with E-state index in [2.05, 4.69) is 11.7 Å². The lowest BCUT2D eigenvalue weighted by Gasteiger charge is -2.12. The third-order valence-electron chi connectivity index (χ3n) is 2.23. The largest absolute Gasteiger partial charge is 0.479 e. The Labute approximate surface area is 91.6 Å². The molecule has 1 atom stereocenters. The zero-order chi connectivity index (χ0) is 11.5. The van der Waals surface area contributed by atoms with Gasteiger partial charge in [-0.25, -0.2) is 4.79 Å². The van der Waals surface area contributed by atoms with Gasteiger partial charge in [-0.1, -0.05) is 39.0 Å². The molecule has 0 aromatic heterocycles. The molecule has 0 unspecified atom stereocenters. The number of hydrogen-bond donors (Lipinski definition) is 1. The first-order valence-corrected chi connectivity index (χ1v) is 5.55. The van der Waals surface area contributed by atoms with E-state index >= 15 is 0 Å². The van der Waals surface area contributed by atoms with Crippen LogP contribution in [0.1, 0.15) is 45.4 Å². The van der Waals surface area contributed by atoms with E-state index in [1.54, 1.807) is 0 Å². The van der Waals surface area contributed by atoms with Crippen molar-refractivity contribution in [2.75, 3.05) is 13.9 Å². The van der Waals surface area contributed by atoms with Gasteiger partial charge in [-0.15, -0.1) is 0 Å². The number of rotatable bonds is 10. The molecule has 0 aliphatic heterocycles. The minimum Gasteiger partial charge on any atom is -0.479 e. The van der Waals surface area contributed by atoms with Gasteiger partial charge < -0.3 is 14.6 Å². The summed E-state index contributed by atoms with van der Waals surface area (Å²) in [5.74, 6) is -0.900. The van der Waals surface area contributed by atoms with Gasteiger partial charge in [0.25, 0.3) is 0 Å². The van der Waals surface area contributed by atoms with Crippen LogP contribution < -0.4 is 0 Å². The molecular formula is C11H22O4. The van der Waals surface area contributed by atoms with Gasteiger partial charge in [0, 0.05) is 7.11 Å². The highest BCUT2D eigenvalue weighted by Crippen LogP contribution is 2.09. The topological polar surface area (TPSA) is 55.8 Å². The number of ether oxygens (including phenoxy) is 2. The number of unbranched alkanes of at least 4 members (excludes halogenated alkanes) is 4. The maximum atomic E-state index is 10.7. The Hall–Kier alpha value is -0.610. The lowest BCUT2D eigenvalue weighted by molar-refractivity contribution is -0.159. The van der Waals surface area contributed by atoms with Crippen LogP contribution in [0.4, 0.5) is 0 Å². The maximum absolute atomic E-state index is 10.7. The lowest BCUT2D eigenvalue weighted by Crippen LogP contribution is -2.24. The predicted octanol–water partition coefficient (Wildman–Crippen LogP) is 2.42. The first-order chi connectivity index (χ1) is 7.22. The van der Waals surface area contributed by atoms with Crippen LogP contribution in [-0.2, 0) is 14.3 Å². The second kappa shape index (κ2) is 9.93. The molecule has 0 saturated heterocycles. The van der Waals surface area contributed by atoms with Crippen molar-refractivity contribution in [2.45, 2.75) is 51.6 Å². The standard InChI is InChI=1S/C11H22O4/c1-3-4-5-6-7-8-10(11(12)13)15-9-14-2/h10H,3-9H2,1-2H3,(H,12,13)/t10-/m0/s1. The van der Waals surface area contributed by atoms with E-state index in [1.807, 2.05) is 0 Å². The smallest absolute Gasteiger partial charge is 0.332 e. The number of carbonyl (C=O) groups is 1. The molecule has 1 N–H and O–H groups in total. The molecule has 0 saturated carbocycles. The van der Waals surface area contributed by atoms with Gasteiger partial charge >= 0.3 is 5.97 Å². The second-order valence-corrected chi connectivity index (χ2v) is 3.60. The van der Waals surface area contributed by atoms with E-state index in [0.717, 1.165) is 12.8 Å². The molecule has 0 aliphatic carbocycles. The number of carboxylic acid groups (broad SMARTS) is 1. The van der Waals surface area contributed by atoms with E-state index in [4.69, 9.17) is 9.84 Å². The summed E-state index contributed by atoms with van der Waals surface area (Å²) in [6.07, 6.45) is 5.43. The Morgan fingerprint density at radius 1 is 1.27 bits per heavy atom. The molecule has 0 rings (SSSR count). The summed E-state index contributed by atoms with van der Waals surface area (Å²) < 4.78 is 9.72. The monoisotopic (exact) mass is 218 g/mol. The first-order valence-electron chi connectivity index (χ1n) is 5.55. The Kier molecular flexibility index (Phi) is 9.52. The van der Waals surface area contributed by atoms with Crippen molar-refractivity contribution >= 4 is 5.97 Å². The summed E-state index contributed by atoms with van der Waals surface area (Å²) in [6, 6.07) is 0. The highest BCUT2D eigenvalue weighted by Gasteiger charge is 2.16. The molecule has 0 amide bonds. The summed E-state index contributed by atoms with van der Waals surface area (Å²) in [5.41, 5.74) is 0. The molecule has 0 aliphatic rings. The molecular weight excluding hydrogens is 196 g/mol. The highest BCUT2D eigenvalue weighted by atomic mass is 16.7. The molecule has 0 aromatic rings. The molecule has 4 heteroatoms. The first kappa shape index (κ1) is 14.4. The fourth-order valence-corrected chi connectivity index (χ4v) is 1.36. The van der Waals surface area contributed by atoms with Crippen LogP contribution in [0.25, 0.3) is 0 Å². The Morgan fingerprint density at radius 2 is 1.93 bits per heavy atom. The van der Waals surface area contributed by atoms with Crippen LogP contribution in [0.2, 0.25) is 0 Å². The Morgan fingerprint density at radius 3 is 2.47 bits per heavy atom. The molecule has 0 spiro atoms.